The van der Waals surface area contributed by atoms with Crippen molar-refractivity contribution in [2.45, 2.75) is 17.4 Å². The monoisotopic (exact) mass is 271 g/mol. The highest BCUT2D eigenvalue weighted by Gasteiger charge is 2.14. The van der Waals surface area contributed by atoms with Gasteiger partial charge in [-0.05, 0) is 24.1 Å². The van der Waals surface area contributed by atoms with Gasteiger partial charge in [-0.1, -0.05) is 48.5 Å². The molecule has 0 aliphatic heterocycles. The van der Waals surface area contributed by atoms with E-state index in [1.165, 1.54) is 11.8 Å². The van der Waals surface area contributed by atoms with E-state index in [4.69, 9.17) is 5.73 Å². The first-order valence-electron chi connectivity index (χ1n) is 6.26. The molecular weight excluding hydrogens is 254 g/mol. The predicted molar refractivity (Wildman–Crippen MR) is 80.3 cm³/mol. The maximum atomic E-state index is 12.0. The molecule has 0 fully saturated rings. The molecule has 0 saturated carbocycles. The van der Waals surface area contributed by atoms with Crippen LogP contribution in [0.3, 0.4) is 0 Å². The van der Waals surface area contributed by atoms with Crippen LogP contribution in [-0.4, -0.2) is 17.6 Å². The van der Waals surface area contributed by atoms with Gasteiger partial charge in [0.05, 0.1) is 11.8 Å². The number of ketones is 1. The summed E-state index contributed by atoms with van der Waals surface area (Å²) in [7, 11) is 0. The Kier molecular flexibility index (Phi) is 5.19. The number of carbonyl (C=O) groups excluding carboxylic acids is 1. The fraction of sp³-hybridized carbons (Fsp3) is 0.188. The zero-order valence-electron chi connectivity index (χ0n) is 10.7. The van der Waals surface area contributed by atoms with Crippen molar-refractivity contribution in [1.29, 1.82) is 0 Å². The van der Waals surface area contributed by atoms with Gasteiger partial charge in [-0.3, -0.25) is 4.79 Å². The van der Waals surface area contributed by atoms with Crippen LogP contribution in [0.5, 0.6) is 0 Å². The number of nitrogens with two attached hydrogens (primary N) is 1. The highest BCUT2D eigenvalue weighted by Crippen LogP contribution is 2.17. The molecule has 98 valence electrons. The van der Waals surface area contributed by atoms with Crippen molar-refractivity contribution in [2.24, 2.45) is 5.73 Å². The average Bonchev–Trinajstić information content (AvgIpc) is 2.47. The summed E-state index contributed by atoms with van der Waals surface area (Å²) in [5, 5.41) is 0. The molecule has 0 spiro atoms. The van der Waals surface area contributed by atoms with E-state index in [-0.39, 0.29) is 5.78 Å². The molecule has 0 saturated heterocycles. The van der Waals surface area contributed by atoms with Crippen molar-refractivity contribution >= 4 is 17.5 Å². The predicted octanol–water partition coefficient (Wildman–Crippen LogP) is 2.92. The van der Waals surface area contributed by atoms with Crippen LogP contribution < -0.4 is 5.73 Å². The van der Waals surface area contributed by atoms with Gasteiger partial charge in [-0.15, -0.1) is 11.8 Å². The second kappa shape index (κ2) is 7.12. The van der Waals surface area contributed by atoms with Crippen molar-refractivity contribution < 1.29 is 4.79 Å². The Morgan fingerprint density at radius 1 is 1.00 bits per heavy atom. The molecule has 2 aromatic carbocycles. The Morgan fingerprint density at radius 2 is 1.58 bits per heavy atom. The summed E-state index contributed by atoms with van der Waals surface area (Å²) in [6, 6.07) is 19.4. The molecule has 0 radical (unpaired) electrons. The Labute approximate surface area is 118 Å². The molecule has 0 heterocycles. The molecule has 2 rings (SSSR count). The fourth-order valence-electron chi connectivity index (χ4n) is 1.76. The van der Waals surface area contributed by atoms with E-state index in [1.54, 1.807) is 0 Å². The van der Waals surface area contributed by atoms with Gasteiger partial charge in [0.2, 0.25) is 0 Å². The summed E-state index contributed by atoms with van der Waals surface area (Å²) >= 11 is 1.54. The average molecular weight is 271 g/mol. The molecule has 1 atom stereocenters. The lowest BCUT2D eigenvalue weighted by atomic mass is 10.0. The zero-order chi connectivity index (χ0) is 13.5. The molecule has 19 heavy (non-hydrogen) atoms. The minimum atomic E-state index is -0.418. The van der Waals surface area contributed by atoms with Gasteiger partial charge in [-0.25, -0.2) is 0 Å². The largest absolute Gasteiger partial charge is 0.321 e. The van der Waals surface area contributed by atoms with Crippen LogP contribution in [0, 0.1) is 0 Å². The maximum absolute atomic E-state index is 12.0. The minimum absolute atomic E-state index is 0.0951. The number of hydrogen-bond donors (Lipinski definition) is 1. The lowest BCUT2D eigenvalue weighted by molar-refractivity contribution is -0.117. The first-order chi connectivity index (χ1) is 9.25. The minimum Gasteiger partial charge on any atom is -0.321 e. The number of carbonyl (C=O) groups is 1. The Bertz CT molecular complexity index is 513. The Balaban J connectivity index is 1.83. The van der Waals surface area contributed by atoms with Gasteiger partial charge in [0, 0.05) is 4.90 Å². The maximum Gasteiger partial charge on any atom is 0.160 e. The lowest BCUT2D eigenvalue weighted by Crippen LogP contribution is -2.34. The van der Waals surface area contributed by atoms with Gasteiger partial charge in [0.15, 0.2) is 5.78 Å². The summed E-state index contributed by atoms with van der Waals surface area (Å²) < 4.78 is 0. The molecule has 0 unspecified atom stereocenters. The second-order valence-corrected chi connectivity index (χ2v) is 5.41. The molecule has 0 aliphatic rings. The molecular formula is C16H17NOS. The highest BCUT2D eigenvalue weighted by atomic mass is 32.2. The van der Waals surface area contributed by atoms with Gasteiger partial charge in [0.1, 0.15) is 0 Å². The Morgan fingerprint density at radius 3 is 2.21 bits per heavy atom. The van der Waals surface area contributed by atoms with E-state index >= 15 is 0 Å². The van der Waals surface area contributed by atoms with E-state index in [9.17, 15) is 4.79 Å². The van der Waals surface area contributed by atoms with Crippen LogP contribution in [-0.2, 0) is 11.2 Å². The van der Waals surface area contributed by atoms with Gasteiger partial charge in [-0.2, -0.15) is 0 Å². The standard InChI is InChI=1S/C16H17NOS/c17-15(11-13-7-3-1-4-8-13)16(18)12-19-14-9-5-2-6-10-14/h1-10,15H,11-12,17H2/t15-/m0/s1. The molecule has 3 heteroatoms. The summed E-state index contributed by atoms with van der Waals surface area (Å²) in [6.07, 6.45) is 0.606. The van der Waals surface area contributed by atoms with E-state index in [0.717, 1.165) is 10.5 Å². The van der Waals surface area contributed by atoms with Gasteiger partial charge >= 0.3 is 0 Å². The summed E-state index contributed by atoms with van der Waals surface area (Å²) in [5.41, 5.74) is 7.06. The van der Waals surface area contributed by atoms with Crippen LogP contribution in [0.2, 0.25) is 0 Å². The van der Waals surface area contributed by atoms with E-state index in [2.05, 4.69) is 0 Å². The first-order valence-corrected chi connectivity index (χ1v) is 7.24. The molecule has 0 amide bonds. The molecule has 0 aliphatic carbocycles. The van der Waals surface area contributed by atoms with Crippen LogP contribution in [0.1, 0.15) is 5.56 Å². The summed E-state index contributed by atoms with van der Waals surface area (Å²) in [4.78, 5) is 13.1. The lowest BCUT2D eigenvalue weighted by Gasteiger charge is -2.10. The van der Waals surface area contributed by atoms with Crippen LogP contribution >= 0.6 is 11.8 Å². The van der Waals surface area contributed by atoms with E-state index in [1.807, 2.05) is 60.7 Å². The number of thioether (sulfide) groups is 1. The molecule has 2 aromatic rings. The van der Waals surface area contributed by atoms with E-state index in [0.29, 0.717) is 12.2 Å². The van der Waals surface area contributed by atoms with Gasteiger partial charge < -0.3 is 5.73 Å². The van der Waals surface area contributed by atoms with Crippen molar-refractivity contribution in [2.75, 3.05) is 5.75 Å². The third-order valence-corrected chi connectivity index (χ3v) is 3.87. The van der Waals surface area contributed by atoms with Crippen molar-refractivity contribution in [3.8, 4) is 0 Å². The Hall–Kier alpha value is -1.58. The SMILES string of the molecule is N[C@@H](Cc1ccccc1)C(=O)CSc1ccccc1. The van der Waals surface area contributed by atoms with Gasteiger partial charge in [0.25, 0.3) is 0 Å². The van der Waals surface area contributed by atoms with Crippen molar-refractivity contribution in [1.82, 2.24) is 0 Å². The molecule has 2 nitrogen and oxygen atoms in total. The van der Waals surface area contributed by atoms with Crippen LogP contribution in [0.25, 0.3) is 0 Å². The smallest absolute Gasteiger partial charge is 0.160 e. The second-order valence-electron chi connectivity index (χ2n) is 4.36. The topological polar surface area (TPSA) is 43.1 Å². The number of Topliss-reactive ketones (excluding diaryl/α,β-unsaturated/α-hetero) is 1. The first kappa shape index (κ1) is 13.8. The van der Waals surface area contributed by atoms with Crippen LogP contribution in [0.4, 0.5) is 0 Å². The third-order valence-electron chi connectivity index (χ3n) is 2.84. The summed E-state index contributed by atoms with van der Waals surface area (Å²) in [5.74, 6) is 0.524. The molecule has 0 bridgehead atoms. The molecule has 0 aromatic heterocycles. The third kappa shape index (κ3) is 4.54. The quantitative estimate of drug-likeness (QED) is 0.821. The van der Waals surface area contributed by atoms with Crippen molar-refractivity contribution in [3.05, 3.63) is 66.2 Å². The van der Waals surface area contributed by atoms with Crippen molar-refractivity contribution in [3.63, 3.8) is 0 Å². The summed E-state index contributed by atoms with van der Waals surface area (Å²) in [6.45, 7) is 0. The molecule has 2 N–H and O–H groups in total. The fourth-order valence-corrected chi connectivity index (χ4v) is 2.63. The van der Waals surface area contributed by atoms with E-state index < -0.39 is 6.04 Å². The number of hydrogen-bond acceptors (Lipinski definition) is 3. The zero-order valence-corrected chi connectivity index (χ0v) is 11.5. The number of benzene rings is 2. The normalized spacial score (nSPS) is 12.1. The highest BCUT2D eigenvalue weighted by molar-refractivity contribution is 8.00. The number of rotatable bonds is 6. The van der Waals surface area contributed by atoms with Crippen LogP contribution in [0.15, 0.2) is 65.6 Å².